The standard InChI is InChI=1S/C22H29N3O4S/c1-29-20-5-3-4-19(15-20)24-12-10-23(11-13-24)16-22(26)18-6-7-21-17(14-18)8-9-25(21)30(2,27)28/h3-7,14-15,22,26H,8-13,16H2,1-2H3. The fourth-order valence-electron chi connectivity index (χ4n) is 4.29. The Morgan fingerprint density at radius 2 is 1.83 bits per heavy atom. The quantitative estimate of drug-likeness (QED) is 0.753. The second-order valence-electron chi connectivity index (χ2n) is 7.98. The Labute approximate surface area is 178 Å². The number of nitrogens with zero attached hydrogens (tertiary/aromatic N) is 3. The van der Waals surface area contributed by atoms with Gasteiger partial charge in [-0.25, -0.2) is 8.42 Å². The van der Waals surface area contributed by atoms with E-state index in [9.17, 15) is 13.5 Å². The molecule has 2 aromatic carbocycles. The van der Waals surface area contributed by atoms with Gasteiger partial charge in [0, 0.05) is 51.0 Å². The van der Waals surface area contributed by atoms with Crippen molar-refractivity contribution in [2.45, 2.75) is 12.5 Å². The van der Waals surface area contributed by atoms with Crippen molar-refractivity contribution in [2.24, 2.45) is 0 Å². The van der Waals surface area contributed by atoms with E-state index in [1.54, 1.807) is 7.11 Å². The molecule has 7 nitrogen and oxygen atoms in total. The van der Waals surface area contributed by atoms with Crippen LogP contribution in [-0.2, 0) is 16.4 Å². The van der Waals surface area contributed by atoms with Gasteiger partial charge in [0.25, 0.3) is 0 Å². The number of rotatable bonds is 6. The smallest absolute Gasteiger partial charge is 0.232 e. The number of hydrogen-bond donors (Lipinski definition) is 1. The lowest BCUT2D eigenvalue weighted by Crippen LogP contribution is -2.47. The highest BCUT2D eigenvalue weighted by Crippen LogP contribution is 2.32. The van der Waals surface area contributed by atoms with E-state index in [0.29, 0.717) is 19.5 Å². The first-order chi connectivity index (χ1) is 14.3. The van der Waals surface area contributed by atoms with Gasteiger partial charge in [0.1, 0.15) is 5.75 Å². The lowest BCUT2D eigenvalue weighted by atomic mass is 10.0. The van der Waals surface area contributed by atoms with Crippen LogP contribution in [0, 0.1) is 0 Å². The van der Waals surface area contributed by atoms with Gasteiger partial charge in [-0.1, -0.05) is 18.2 Å². The summed E-state index contributed by atoms with van der Waals surface area (Å²) in [5, 5.41) is 10.8. The molecule has 1 fully saturated rings. The average Bonchev–Trinajstić information content (AvgIpc) is 3.18. The maximum Gasteiger partial charge on any atom is 0.232 e. The first-order valence-corrected chi connectivity index (χ1v) is 12.1. The molecule has 8 heteroatoms. The van der Waals surface area contributed by atoms with Crippen molar-refractivity contribution >= 4 is 21.4 Å². The normalized spacial score (nSPS) is 18.4. The van der Waals surface area contributed by atoms with Crippen LogP contribution in [0.3, 0.4) is 0 Å². The number of piperazine rings is 1. The van der Waals surface area contributed by atoms with E-state index < -0.39 is 16.1 Å². The fraction of sp³-hybridized carbons (Fsp3) is 0.455. The van der Waals surface area contributed by atoms with E-state index >= 15 is 0 Å². The molecule has 0 radical (unpaired) electrons. The second kappa shape index (κ2) is 8.45. The number of hydrogen-bond acceptors (Lipinski definition) is 6. The van der Waals surface area contributed by atoms with Crippen molar-refractivity contribution < 1.29 is 18.3 Å². The molecule has 0 amide bonds. The van der Waals surface area contributed by atoms with Gasteiger partial charge in [0.15, 0.2) is 0 Å². The Morgan fingerprint density at radius 3 is 2.53 bits per heavy atom. The molecule has 1 atom stereocenters. The van der Waals surface area contributed by atoms with Gasteiger partial charge in [-0.15, -0.1) is 0 Å². The summed E-state index contributed by atoms with van der Waals surface area (Å²) in [7, 11) is -1.58. The van der Waals surface area contributed by atoms with E-state index in [4.69, 9.17) is 4.74 Å². The van der Waals surface area contributed by atoms with Gasteiger partial charge in [-0.2, -0.15) is 0 Å². The third-order valence-corrected chi connectivity index (χ3v) is 7.14. The van der Waals surface area contributed by atoms with Crippen LogP contribution in [0.1, 0.15) is 17.2 Å². The van der Waals surface area contributed by atoms with Gasteiger partial charge >= 0.3 is 0 Å². The first-order valence-electron chi connectivity index (χ1n) is 10.2. The summed E-state index contributed by atoms with van der Waals surface area (Å²) >= 11 is 0. The molecular weight excluding hydrogens is 402 g/mol. The molecule has 4 rings (SSSR count). The second-order valence-corrected chi connectivity index (χ2v) is 9.89. The maximum atomic E-state index is 11.9. The number of fused-ring (bicyclic) bond motifs is 1. The van der Waals surface area contributed by atoms with E-state index in [2.05, 4.69) is 21.9 Å². The summed E-state index contributed by atoms with van der Waals surface area (Å²) in [5.41, 5.74) is 3.73. The predicted molar refractivity (Wildman–Crippen MR) is 119 cm³/mol. The molecule has 0 bridgehead atoms. The predicted octanol–water partition coefficient (Wildman–Crippen LogP) is 1.87. The highest BCUT2D eigenvalue weighted by Gasteiger charge is 2.27. The largest absolute Gasteiger partial charge is 0.497 e. The molecule has 2 heterocycles. The Kier molecular flexibility index (Phi) is 5.90. The first kappa shape index (κ1) is 21.0. The lowest BCUT2D eigenvalue weighted by Gasteiger charge is -2.37. The number of anilines is 2. The minimum atomic E-state index is -3.25. The highest BCUT2D eigenvalue weighted by molar-refractivity contribution is 7.92. The Morgan fingerprint density at radius 1 is 1.07 bits per heavy atom. The number of methoxy groups -OCH3 is 1. The number of ether oxygens (including phenoxy) is 1. The number of benzene rings is 2. The van der Waals surface area contributed by atoms with Crippen molar-refractivity contribution in [1.82, 2.24) is 4.90 Å². The molecule has 2 aromatic rings. The van der Waals surface area contributed by atoms with Crippen LogP contribution in [0.25, 0.3) is 0 Å². The Balaban J connectivity index is 1.36. The summed E-state index contributed by atoms with van der Waals surface area (Å²) in [6, 6.07) is 13.7. The SMILES string of the molecule is COc1cccc(N2CCN(CC(O)c3ccc4c(c3)CCN4S(C)(=O)=O)CC2)c1. The third-order valence-electron chi connectivity index (χ3n) is 5.96. The molecule has 1 unspecified atom stereocenters. The highest BCUT2D eigenvalue weighted by atomic mass is 32.2. The molecule has 0 aromatic heterocycles. The summed E-state index contributed by atoms with van der Waals surface area (Å²) in [6.45, 7) is 4.59. The molecule has 1 N–H and O–H groups in total. The molecule has 2 aliphatic rings. The molecule has 0 aliphatic carbocycles. The van der Waals surface area contributed by atoms with Crippen molar-refractivity contribution in [2.75, 3.05) is 61.8 Å². The van der Waals surface area contributed by atoms with Crippen molar-refractivity contribution in [1.29, 1.82) is 0 Å². The zero-order valence-corrected chi connectivity index (χ0v) is 18.3. The lowest BCUT2D eigenvalue weighted by molar-refractivity contribution is 0.109. The zero-order chi connectivity index (χ0) is 21.3. The van der Waals surface area contributed by atoms with E-state index in [0.717, 1.165) is 54.4 Å². The van der Waals surface area contributed by atoms with Crippen LogP contribution in [0.2, 0.25) is 0 Å². The topological polar surface area (TPSA) is 73.3 Å². The van der Waals surface area contributed by atoms with E-state index in [-0.39, 0.29) is 0 Å². The van der Waals surface area contributed by atoms with Gasteiger partial charge in [0.05, 0.1) is 25.2 Å². The fourth-order valence-corrected chi connectivity index (χ4v) is 5.25. The number of aliphatic hydroxyl groups excluding tert-OH is 1. The Bertz CT molecular complexity index is 1000. The maximum absolute atomic E-state index is 11.9. The monoisotopic (exact) mass is 431 g/mol. The molecule has 30 heavy (non-hydrogen) atoms. The number of sulfonamides is 1. The molecule has 162 valence electrons. The Hall–Kier alpha value is -2.29. The molecular formula is C22H29N3O4S. The van der Waals surface area contributed by atoms with Crippen LogP contribution in [0.5, 0.6) is 5.75 Å². The summed E-state index contributed by atoms with van der Waals surface area (Å²) in [4.78, 5) is 4.61. The summed E-state index contributed by atoms with van der Waals surface area (Å²) in [6.07, 6.45) is 1.32. The van der Waals surface area contributed by atoms with E-state index in [1.807, 2.05) is 30.3 Å². The number of aliphatic hydroxyl groups is 1. The molecule has 0 saturated carbocycles. The number of β-amino-alcohol motifs (C(OH)–C–C–N with tert-alkyl or cyclic N) is 1. The molecule has 2 aliphatic heterocycles. The third kappa shape index (κ3) is 4.40. The van der Waals surface area contributed by atoms with Crippen LogP contribution in [-0.4, -0.2) is 71.1 Å². The van der Waals surface area contributed by atoms with Crippen LogP contribution < -0.4 is 13.9 Å². The minimum Gasteiger partial charge on any atom is -0.497 e. The summed E-state index contributed by atoms with van der Waals surface area (Å²) in [5.74, 6) is 0.858. The van der Waals surface area contributed by atoms with Crippen molar-refractivity contribution in [3.05, 3.63) is 53.6 Å². The summed E-state index contributed by atoms with van der Waals surface area (Å²) < 4.78 is 30.6. The van der Waals surface area contributed by atoms with Gasteiger partial charge in [-0.05, 0) is 35.7 Å². The van der Waals surface area contributed by atoms with Crippen LogP contribution in [0.4, 0.5) is 11.4 Å². The molecule has 0 spiro atoms. The average molecular weight is 432 g/mol. The van der Waals surface area contributed by atoms with Crippen molar-refractivity contribution in [3.63, 3.8) is 0 Å². The van der Waals surface area contributed by atoms with Crippen molar-refractivity contribution in [3.8, 4) is 5.75 Å². The van der Waals surface area contributed by atoms with Gasteiger partial charge in [-0.3, -0.25) is 9.21 Å². The van der Waals surface area contributed by atoms with Crippen LogP contribution >= 0.6 is 0 Å². The van der Waals surface area contributed by atoms with Gasteiger partial charge in [0.2, 0.25) is 10.0 Å². The minimum absolute atomic E-state index is 0.472. The molecule has 1 saturated heterocycles. The zero-order valence-electron chi connectivity index (χ0n) is 17.5. The van der Waals surface area contributed by atoms with Crippen LogP contribution in [0.15, 0.2) is 42.5 Å². The van der Waals surface area contributed by atoms with E-state index in [1.165, 1.54) is 10.6 Å². The van der Waals surface area contributed by atoms with Gasteiger partial charge < -0.3 is 14.7 Å².